The van der Waals surface area contributed by atoms with Crippen molar-refractivity contribution < 1.29 is 13.2 Å². The molecule has 1 N–H and O–H groups in total. The lowest BCUT2D eigenvalue weighted by Gasteiger charge is -2.31. The largest absolute Gasteiger partial charge is 0.355 e. The van der Waals surface area contributed by atoms with Gasteiger partial charge < -0.3 is 10.2 Å². The van der Waals surface area contributed by atoms with Gasteiger partial charge in [-0.15, -0.1) is 0 Å². The van der Waals surface area contributed by atoms with Crippen molar-refractivity contribution in [2.45, 2.75) is 49.5 Å². The fraction of sp³-hybridized carbons (Fsp3) is 0.600. The van der Waals surface area contributed by atoms with Crippen LogP contribution in [0.5, 0.6) is 0 Å². The number of nitrogens with one attached hydrogen (secondary N) is 1. The van der Waals surface area contributed by atoms with Gasteiger partial charge in [-0.25, -0.2) is 8.42 Å². The van der Waals surface area contributed by atoms with Crippen LogP contribution in [0.4, 0.5) is 0 Å². The standard InChI is InChI=1S/C20H30N4O3S/c1-23(18-7-4-3-5-8-18)14-6-13-22-20(25)16-24(2)28(26,27)19-11-9-17(15-21)10-12-19/h9-12,18H,3-8,13-14,16H2,1-2H3,(H,22,25). The third-order valence-corrected chi connectivity index (χ3v) is 7.08. The van der Waals surface area contributed by atoms with Crippen molar-refractivity contribution in [1.29, 1.82) is 5.26 Å². The molecule has 8 heteroatoms. The fourth-order valence-electron chi connectivity index (χ4n) is 3.49. The van der Waals surface area contributed by atoms with Crippen molar-refractivity contribution in [3.8, 4) is 6.07 Å². The highest BCUT2D eigenvalue weighted by Gasteiger charge is 2.23. The highest BCUT2D eigenvalue weighted by Crippen LogP contribution is 2.21. The number of carbonyl (C=O) groups is 1. The molecule has 1 fully saturated rings. The Morgan fingerprint density at radius 1 is 1.18 bits per heavy atom. The van der Waals surface area contributed by atoms with Crippen molar-refractivity contribution >= 4 is 15.9 Å². The summed E-state index contributed by atoms with van der Waals surface area (Å²) in [4.78, 5) is 14.5. The van der Waals surface area contributed by atoms with E-state index in [2.05, 4.69) is 17.3 Å². The smallest absolute Gasteiger partial charge is 0.243 e. The van der Waals surface area contributed by atoms with E-state index in [0.717, 1.165) is 17.3 Å². The molecule has 0 heterocycles. The van der Waals surface area contributed by atoms with Crippen molar-refractivity contribution in [3.05, 3.63) is 29.8 Å². The molecule has 0 unspecified atom stereocenters. The number of nitrogens with zero attached hydrogens (tertiary/aromatic N) is 3. The van der Waals surface area contributed by atoms with E-state index in [0.29, 0.717) is 18.2 Å². The minimum Gasteiger partial charge on any atom is -0.355 e. The molecule has 28 heavy (non-hydrogen) atoms. The Bertz CT molecular complexity index is 781. The summed E-state index contributed by atoms with van der Waals surface area (Å²) in [6.45, 7) is 1.21. The average molecular weight is 407 g/mol. The van der Waals surface area contributed by atoms with Crippen molar-refractivity contribution in [2.24, 2.45) is 0 Å². The summed E-state index contributed by atoms with van der Waals surface area (Å²) in [5.74, 6) is -0.319. The molecule has 0 saturated heterocycles. The lowest BCUT2D eigenvalue weighted by molar-refractivity contribution is -0.121. The van der Waals surface area contributed by atoms with E-state index < -0.39 is 10.0 Å². The summed E-state index contributed by atoms with van der Waals surface area (Å²) in [7, 11) is -0.249. The van der Waals surface area contributed by atoms with E-state index in [9.17, 15) is 13.2 Å². The van der Waals surface area contributed by atoms with Gasteiger partial charge >= 0.3 is 0 Å². The maximum atomic E-state index is 12.5. The Hall–Kier alpha value is -1.95. The Balaban J connectivity index is 1.74. The monoisotopic (exact) mass is 406 g/mol. The molecule has 1 aromatic carbocycles. The first-order chi connectivity index (χ1) is 13.3. The minimum absolute atomic E-state index is 0.0657. The van der Waals surface area contributed by atoms with Gasteiger partial charge in [0, 0.05) is 19.6 Å². The van der Waals surface area contributed by atoms with Gasteiger partial charge in [-0.3, -0.25) is 4.79 Å². The fourth-order valence-corrected chi connectivity index (χ4v) is 4.61. The van der Waals surface area contributed by atoms with Gasteiger partial charge in [0.2, 0.25) is 15.9 Å². The Morgan fingerprint density at radius 2 is 1.82 bits per heavy atom. The molecule has 0 aromatic heterocycles. The molecule has 1 saturated carbocycles. The molecule has 1 aliphatic rings. The van der Waals surface area contributed by atoms with Crippen LogP contribution in [0.2, 0.25) is 0 Å². The Labute approximate surface area is 168 Å². The predicted octanol–water partition coefficient (Wildman–Crippen LogP) is 1.95. The molecule has 1 aromatic rings. The summed E-state index contributed by atoms with van der Waals surface area (Å²) < 4.78 is 26.1. The van der Waals surface area contributed by atoms with Crippen LogP contribution in [0.25, 0.3) is 0 Å². The number of hydrogen-bond acceptors (Lipinski definition) is 5. The normalized spacial score (nSPS) is 15.5. The quantitative estimate of drug-likeness (QED) is 0.633. The number of likely N-dealkylation sites (N-methyl/N-ethyl adjacent to an activating group) is 1. The zero-order valence-corrected chi connectivity index (χ0v) is 17.5. The number of rotatable bonds is 9. The van der Waals surface area contributed by atoms with Crippen LogP contribution in [0.3, 0.4) is 0 Å². The van der Waals surface area contributed by atoms with Gasteiger partial charge in [-0.2, -0.15) is 9.57 Å². The van der Waals surface area contributed by atoms with E-state index in [1.807, 2.05) is 6.07 Å². The van der Waals surface area contributed by atoms with E-state index in [-0.39, 0.29) is 17.3 Å². The summed E-state index contributed by atoms with van der Waals surface area (Å²) in [6, 6.07) is 8.25. The molecular weight excluding hydrogens is 376 g/mol. The number of hydrogen-bond donors (Lipinski definition) is 1. The number of sulfonamides is 1. The van der Waals surface area contributed by atoms with Crippen LogP contribution in [-0.4, -0.2) is 63.3 Å². The van der Waals surface area contributed by atoms with Crippen LogP contribution in [0.15, 0.2) is 29.2 Å². The zero-order valence-electron chi connectivity index (χ0n) is 16.7. The maximum absolute atomic E-state index is 12.5. The zero-order chi connectivity index (χ0) is 20.6. The van der Waals surface area contributed by atoms with Crippen LogP contribution >= 0.6 is 0 Å². The number of nitriles is 1. The lowest BCUT2D eigenvalue weighted by Crippen LogP contribution is -2.40. The molecule has 0 bridgehead atoms. The molecule has 7 nitrogen and oxygen atoms in total. The lowest BCUT2D eigenvalue weighted by atomic mass is 9.94. The second-order valence-electron chi connectivity index (χ2n) is 7.37. The van der Waals surface area contributed by atoms with Crippen LogP contribution in [0.1, 0.15) is 44.1 Å². The highest BCUT2D eigenvalue weighted by molar-refractivity contribution is 7.89. The highest BCUT2D eigenvalue weighted by atomic mass is 32.2. The molecule has 2 rings (SSSR count). The summed E-state index contributed by atoms with van der Waals surface area (Å²) in [6.07, 6.45) is 7.27. The van der Waals surface area contributed by atoms with Gasteiger partial charge in [-0.05, 0) is 57.1 Å². The van der Waals surface area contributed by atoms with E-state index in [1.165, 1.54) is 63.4 Å². The Kier molecular flexibility index (Phi) is 8.42. The maximum Gasteiger partial charge on any atom is 0.243 e. The molecule has 0 radical (unpaired) electrons. The van der Waals surface area contributed by atoms with Crippen LogP contribution < -0.4 is 5.32 Å². The van der Waals surface area contributed by atoms with Gasteiger partial charge in [0.15, 0.2) is 0 Å². The molecule has 1 amide bonds. The molecule has 0 aliphatic heterocycles. The van der Waals surface area contributed by atoms with Crippen molar-refractivity contribution in [2.75, 3.05) is 33.7 Å². The number of carbonyl (C=O) groups excluding carboxylic acids is 1. The van der Waals surface area contributed by atoms with Crippen molar-refractivity contribution in [3.63, 3.8) is 0 Å². The molecular formula is C20H30N4O3S. The number of benzene rings is 1. The first-order valence-electron chi connectivity index (χ1n) is 9.78. The first-order valence-corrected chi connectivity index (χ1v) is 11.2. The topological polar surface area (TPSA) is 93.5 Å². The van der Waals surface area contributed by atoms with E-state index >= 15 is 0 Å². The van der Waals surface area contributed by atoms with Crippen molar-refractivity contribution in [1.82, 2.24) is 14.5 Å². The molecule has 1 aliphatic carbocycles. The SMILES string of the molecule is CN(CCCNC(=O)CN(C)S(=O)(=O)c1ccc(C#N)cc1)C1CCCCC1. The molecule has 0 atom stereocenters. The number of amides is 1. The summed E-state index contributed by atoms with van der Waals surface area (Å²) in [5.41, 5.74) is 0.387. The van der Waals surface area contributed by atoms with Crippen LogP contribution in [0, 0.1) is 11.3 Å². The second kappa shape index (κ2) is 10.6. The third-order valence-electron chi connectivity index (χ3n) is 5.27. The average Bonchev–Trinajstić information content (AvgIpc) is 2.71. The van der Waals surface area contributed by atoms with Gasteiger partial charge in [0.1, 0.15) is 0 Å². The second-order valence-corrected chi connectivity index (χ2v) is 9.42. The van der Waals surface area contributed by atoms with Gasteiger partial charge in [0.05, 0.1) is 23.1 Å². The third kappa shape index (κ3) is 6.30. The Morgan fingerprint density at radius 3 is 2.43 bits per heavy atom. The minimum atomic E-state index is -3.76. The van der Waals surface area contributed by atoms with Gasteiger partial charge in [0.25, 0.3) is 0 Å². The summed E-state index contributed by atoms with van der Waals surface area (Å²) >= 11 is 0. The summed E-state index contributed by atoms with van der Waals surface area (Å²) in [5, 5.41) is 11.6. The van der Waals surface area contributed by atoms with Crippen LogP contribution in [-0.2, 0) is 14.8 Å². The molecule has 154 valence electrons. The van der Waals surface area contributed by atoms with Gasteiger partial charge in [-0.1, -0.05) is 19.3 Å². The van der Waals surface area contributed by atoms with E-state index in [4.69, 9.17) is 5.26 Å². The first kappa shape index (κ1) is 22.3. The van der Waals surface area contributed by atoms with E-state index in [1.54, 1.807) is 0 Å². The predicted molar refractivity (Wildman–Crippen MR) is 108 cm³/mol. The molecule has 0 spiro atoms.